The number of hydrogen-bond donors (Lipinski definition) is 1. The Morgan fingerprint density at radius 1 is 1.07 bits per heavy atom. The number of amides is 1. The van der Waals surface area contributed by atoms with Crippen LogP contribution in [0.5, 0.6) is 0 Å². The zero-order valence-electron chi connectivity index (χ0n) is 16.5. The second-order valence-electron chi connectivity index (χ2n) is 7.07. The molecule has 27 heavy (non-hydrogen) atoms. The summed E-state index contributed by atoms with van der Waals surface area (Å²) in [5.74, 6) is -0.0391. The largest absolute Gasteiger partial charge is 0.345 e. The van der Waals surface area contributed by atoms with E-state index >= 15 is 0 Å². The van der Waals surface area contributed by atoms with Crippen LogP contribution in [0.25, 0.3) is 0 Å². The van der Waals surface area contributed by atoms with Gasteiger partial charge in [-0.25, -0.2) is 0 Å². The smallest absolute Gasteiger partial charge is 0.251 e. The topological polar surface area (TPSA) is 46.9 Å². The molecule has 4 nitrogen and oxygen atoms in total. The highest BCUT2D eigenvalue weighted by Gasteiger charge is 2.15. The number of hydrogen-bond acceptors (Lipinski definition) is 2. The highest BCUT2D eigenvalue weighted by atomic mass is 16.1. The lowest BCUT2D eigenvalue weighted by atomic mass is 9.99. The normalized spacial score (nSPS) is 12.0. The predicted octanol–water partition coefficient (Wildman–Crippen LogP) is 4.74. The summed E-state index contributed by atoms with van der Waals surface area (Å²) in [6.07, 6.45) is 0.854. The predicted molar refractivity (Wildman–Crippen MR) is 109 cm³/mol. The van der Waals surface area contributed by atoms with Crippen molar-refractivity contribution in [2.24, 2.45) is 0 Å². The van der Waals surface area contributed by atoms with Gasteiger partial charge in [-0.05, 0) is 62.1 Å². The van der Waals surface area contributed by atoms with E-state index in [1.165, 1.54) is 11.1 Å². The van der Waals surface area contributed by atoms with Crippen LogP contribution in [0, 0.1) is 20.8 Å². The molecule has 0 fully saturated rings. The molecule has 1 N–H and O–H groups in total. The van der Waals surface area contributed by atoms with Gasteiger partial charge in [-0.15, -0.1) is 0 Å². The van der Waals surface area contributed by atoms with Crippen molar-refractivity contribution in [1.82, 2.24) is 15.1 Å². The first-order chi connectivity index (χ1) is 13.0. The summed E-state index contributed by atoms with van der Waals surface area (Å²) in [6, 6.07) is 18.1. The number of aryl methyl sites for hydroxylation is 3. The number of carbonyl (C=O) groups excluding carboxylic acids is 1. The maximum absolute atomic E-state index is 12.7. The first kappa shape index (κ1) is 18.9. The highest BCUT2D eigenvalue weighted by Crippen LogP contribution is 2.21. The second kappa shape index (κ2) is 8.21. The Balaban J connectivity index is 1.70. The highest BCUT2D eigenvalue weighted by molar-refractivity contribution is 5.94. The fraction of sp³-hybridized carbons (Fsp3) is 0.304. The van der Waals surface area contributed by atoms with Crippen molar-refractivity contribution in [3.8, 4) is 0 Å². The maximum atomic E-state index is 12.7. The Labute approximate surface area is 161 Å². The van der Waals surface area contributed by atoms with Crippen molar-refractivity contribution in [2.45, 2.75) is 46.7 Å². The molecule has 1 heterocycles. The maximum Gasteiger partial charge on any atom is 0.251 e. The van der Waals surface area contributed by atoms with Crippen LogP contribution >= 0.6 is 0 Å². The van der Waals surface area contributed by atoms with Gasteiger partial charge in [-0.1, -0.05) is 43.3 Å². The van der Waals surface area contributed by atoms with Crippen molar-refractivity contribution in [1.29, 1.82) is 0 Å². The van der Waals surface area contributed by atoms with Crippen molar-refractivity contribution >= 4 is 5.91 Å². The van der Waals surface area contributed by atoms with Crippen molar-refractivity contribution < 1.29 is 4.79 Å². The second-order valence-corrected chi connectivity index (χ2v) is 7.07. The first-order valence-corrected chi connectivity index (χ1v) is 9.44. The van der Waals surface area contributed by atoms with Gasteiger partial charge < -0.3 is 5.32 Å². The lowest BCUT2D eigenvalue weighted by Gasteiger charge is -2.19. The molecule has 1 amide bonds. The van der Waals surface area contributed by atoms with Gasteiger partial charge in [0.05, 0.1) is 18.3 Å². The van der Waals surface area contributed by atoms with E-state index in [-0.39, 0.29) is 11.9 Å². The van der Waals surface area contributed by atoms with Crippen LogP contribution < -0.4 is 5.32 Å². The summed E-state index contributed by atoms with van der Waals surface area (Å²) in [7, 11) is 0. The van der Waals surface area contributed by atoms with E-state index in [4.69, 9.17) is 0 Å². The standard InChI is InChI=1S/C23H27N3O/c1-5-22(21-9-7-6-8-16(21)2)24-23(27)20-12-10-19(11-13-20)15-26-18(4)14-17(3)25-26/h6-14,22H,5,15H2,1-4H3,(H,24,27). The summed E-state index contributed by atoms with van der Waals surface area (Å²) in [4.78, 5) is 12.7. The van der Waals surface area contributed by atoms with Gasteiger partial charge in [0.25, 0.3) is 5.91 Å². The van der Waals surface area contributed by atoms with E-state index in [1.54, 1.807) is 0 Å². The number of aromatic nitrogens is 2. The van der Waals surface area contributed by atoms with Crippen molar-refractivity contribution in [2.75, 3.05) is 0 Å². The summed E-state index contributed by atoms with van der Waals surface area (Å²) in [5, 5.41) is 7.66. The molecule has 0 saturated carbocycles. The molecule has 0 aliphatic heterocycles. The minimum atomic E-state index is -0.0391. The average molecular weight is 361 g/mol. The molecular formula is C23H27N3O. The van der Waals surface area contributed by atoms with Crippen LogP contribution in [0.1, 0.15) is 57.8 Å². The van der Waals surface area contributed by atoms with Crippen molar-refractivity contribution in [3.63, 3.8) is 0 Å². The van der Waals surface area contributed by atoms with E-state index in [1.807, 2.05) is 48.0 Å². The quantitative estimate of drug-likeness (QED) is 0.689. The molecule has 140 valence electrons. The molecule has 0 saturated heterocycles. The van der Waals surface area contributed by atoms with Gasteiger partial charge in [0.2, 0.25) is 0 Å². The molecule has 1 aromatic heterocycles. The number of nitrogens with zero attached hydrogens (tertiary/aromatic N) is 2. The van der Waals surface area contributed by atoms with Gasteiger partial charge in [-0.3, -0.25) is 9.48 Å². The van der Waals surface area contributed by atoms with Crippen LogP contribution in [0.3, 0.4) is 0 Å². The molecule has 3 rings (SSSR count). The van der Waals surface area contributed by atoms with Gasteiger partial charge in [0.15, 0.2) is 0 Å². The Kier molecular flexibility index (Phi) is 5.75. The number of carbonyl (C=O) groups is 1. The van der Waals surface area contributed by atoms with Gasteiger partial charge in [0.1, 0.15) is 0 Å². The van der Waals surface area contributed by atoms with E-state index in [0.717, 1.165) is 23.4 Å². The lowest BCUT2D eigenvalue weighted by molar-refractivity contribution is 0.0935. The molecule has 0 radical (unpaired) electrons. The van der Waals surface area contributed by atoms with Crippen LogP contribution in [-0.2, 0) is 6.54 Å². The molecule has 1 atom stereocenters. The zero-order valence-corrected chi connectivity index (χ0v) is 16.5. The van der Waals surface area contributed by atoms with E-state index in [2.05, 4.69) is 49.4 Å². The van der Waals surface area contributed by atoms with Crippen molar-refractivity contribution in [3.05, 3.63) is 88.2 Å². The third kappa shape index (κ3) is 4.45. The van der Waals surface area contributed by atoms with Gasteiger partial charge >= 0.3 is 0 Å². The molecule has 4 heteroatoms. The zero-order chi connectivity index (χ0) is 19.4. The summed E-state index contributed by atoms with van der Waals surface area (Å²) in [6.45, 7) is 8.93. The van der Waals surface area contributed by atoms with Crippen LogP contribution in [0.4, 0.5) is 0 Å². The lowest BCUT2D eigenvalue weighted by Crippen LogP contribution is -2.28. The molecule has 0 aliphatic carbocycles. The fourth-order valence-electron chi connectivity index (χ4n) is 3.39. The summed E-state index contributed by atoms with van der Waals surface area (Å²) < 4.78 is 1.98. The van der Waals surface area contributed by atoms with Gasteiger partial charge in [-0.2, -0.15) is 5.10 Å². The molecule has 1 unspecified atom stereocenters. The van der Waals surface area contributed by atoms with E-state index < -0.39 is 0 Å². The Hall–Kier alpha value is -2.88. The Morgan fingerprint density at radius 2 is 1.78 bits per heavy atom. The monoisotopic (exact) mass is 361 g/mol. The molecule has 3 aromatic rings. The van der Waals surface area contributed by atoms with Crippen LogP contribution in [0.2, 0.25) is 0 Å². The molecule has 2 aromatic carbocycles. The first-order valence-electron chi connectivity index (χ1n) is 9.44. The van der Waals surface area contributed by atoms with E-state index in [0.29, 0.717) is 12.1 Å². The Morgan fingerprint density at radius 3 is 2.37 bits per heavy atom. The van der Waals surface area contributed by atoms with Crippen LogP contribution in [0.15, 0.2) is 54.6 Å². The molecule has 0 bridgehead atoms. The fourth-order valence-corrected chi connectivity index (χ4v) is 3.39. The average Bonchev–Trinajstić information content (AvgIpc) is 2.97. The summed E-state index contributed by atoms with van der Waals surface area (Å²) >= 11 is 0. The third-order valence-electron chi connectivity index (χ3n) is 4.93. The molecule has 0 aliphatic rings. The third-order valence-corrected chi connectivity index (χ3v) is 4.93. The number of benzene rings is 2. The van der Waals surface area contributed by atoms with E-state index in [9.17, 15) is 4.79 Å². The number of nitrogens with one attached hydrogen (secondary N) is 1. The molecular weight excluding hydrogens is 334 g/mol. The summed E-state index contributed by atoms with van der Waals surface area (Å²) in [5.41, 5.74) is 6.34. The SMILES string of the molecule is CCC(NC(=O)c1ccc(Cn2nc(C)cc2C)cc1)c1ccccc1C. The van der Waals surface area contributed by atoms with Crippen LogP contribution in [-0.4, -0.2) is 15.7 Å². The minimum absolute atomic E-state index is 0.0214. The minimum Gasteiger partial charge on any atom is -0.345 e. The number of rotatable bonds is 6. The van der Waals surface area contributed by atoms with Gasteiger partial charge in [0, 0.05) is 11.3 Å². The molecule has 0 spiro atoms. The Bertz CT molecular complexity index is 925.